The standard InChI is InChI=1S/C21H30F2O4/c1-3-4-5-6-7-8-9-15-26-19(24)13-14-20(25)27-16(2)21-17(22)11-10-12-18(21)23/h10-12,16H,3-9,13-15H2,1-2H3. The first kappa shape index (κ1) is 23.1. The molecule has 0 bridgehead atoms. The molecular formula is C21H30F2O4. The number of benzene rings is 1. The summed E-state index contributed by atoms with van der Waals surface area (Å²) in [6.07, 6.45) is 6.52. The maximum atomic E-state index is 13.6. The molecule has 1 aromatic rings. The number of halogens is 2. The fourth-order valence-electron chi connectivity index (χ4n) is 2.74. The Kier molecular flexibility index (Phi) is 11.3. The molecule has 1 aromatic carbocycles. The van der Waals surface area contributed by atoms with Crippen LogP contribution in [0.25, 0.3) is 0 Å². The molecule has 152 valence electrons. The van der Waals surface area contributed by atoms with Gasteiger partial charge in [-0.2, -0.15) is 0 Å². The fraction of sp³-hybridized carbons (Fsp3) is 0.619. The van der Waals surface area contributed by atoms with Crippen molar-refractivity contribution in [2.24, 2.45) is 0 Å². The molecule has 0 amide bonds. The molecule has 1 rings (SSSR count). The van der Waals surface area contributed by atoms with E-state index in [-0.39, 0.29) is 18.4 Å². The van der Waals surface area contributed by atoms with Gasteiger partial charge in [0, 0.05) is 0 Å². The predicted octanol–water partition coefficient (Wildman–Crippen LogP) is 5.64. The Labute approximate surface area is 160 Å². The minimum absolute atomic E-state index is 0.109. The molecular weight excluding hydrogens is 354 g/mol. The molecule has 0 aliphatic heterocycles. The number of hydrogen-bond acceptors (Lipinski definition) is 4. The second-order valence-corrected chi connectivity index (χ2v) is 6.61. The molecule has 0 aliphatic rings. The van der Waals surface area contributed by atoms with Gasteiger partial charge in [0.1, 0.15) is 17.7 Å². The van der Waals surface area contributed by atoms with E-state index in [0.29, 0.717) is 6.61 Å². The second kappa shape index (κ2) is 13.2. The number of esters is 2. The summed E-state index contributed by atoms with van der Waals surface area (Å²) in [7, 11) is 0. The predicted molar refractivity (Wildman–Crippen MR) is 99.1 cm³/mol. The smallest absolute Gasteiger partial charge is 0.306 e. The normalized spacial score (nSPS) is 11.9. The Morgan fingerprint density at radius 2 is 1.48 bits per heavy atom. The van der Waals surface area contributed by atoms with Crippen LogP contribution in [0.5, 0.6) is 0 Å². The summed E-state index contributed by atoms with van der Waals surface area (Å²) in [4.78, 5) is 23.4. The summed E-state index contributed by atoms with van der Waals surface area (Å²) in [6, 6.07) is 3.44. The molecule has 0 spiro atoms. The summed E-state index contributed by atoms with van der Waals surface area (Å²) in [5.41, 5.74) is -0.299. The summed E-state index contributed by atoms with van der Waals surface area (Å²) in [6.45, 7) is 3.91. The lowest BCUT2D eigenvalue weighted by Gasteiger charge is -2.15. The van der Waals surface area contributed by atoms with E-state index in [1.54, 1.807) is 0 Å². The zero-order valence-electron chi connectivity index (χ0n) is 16.3. The average Bonchev–Trinajstić information content (AvgIpc) is 2.62. The molecule has 6 heteroatoms. The van der Waals surface area contributed by atoms with Crippen molar-refractivity contribution in [2.45, 2.75) is 77.7 Å². The maximum absolute atomic E-state index is 13.6. The maximum Gasteiger partial charge on any atom is 0.306 e. The average molecular weight is 384 g/mol. The number of unbranched alkanes of at least 4 members (excludes halogenated alkanes) is 6. The van der Waals surface area contributed by atoms with Crippen molar-refractivity contribution in [2.75, 3.05) is 6.61 Å². The van der Waals surface area contributed by atoms with E-state index >= 15 is 0 Å². The third-order valence-electron chi connectivity index (χ3n) is 4.26. The van der Waals surface area contributed by atoms with Gasteiger partial charge in [-0.25, -0.2) is 8.78 Å². The molecule has 0 saturated carbocycles. The van der Waals surface area contributed by atoms with Crippen molar-refractivity contribution in [1.29, 1.82) is 0 Å². The van der Waals surface area contributed by atoms with Crippen LogP contribution < -0.4 is 0 Å². The zero-order valence-corrected chi connectivity index (χ0v) is 16.3. The molecule has 1 unspecified atom stereocenters. The highest BCUT2D eigenvalue weighted by molar-refractivity contribution is 5.77. The van der Waals surface area contributed by atoms with Crippen LogP contribution in [-0.2, 0) is 19.1 Å². The lowest BCUT2D eigenvalue weighted by atomic mass is 10.1. The minimum Gasteiger partial charge on any atom is -0.466 e. The highest BCUT2D eigenvalue weighted by Gasteiger charge is 2.20. The Morgan fingerprint density at radius 1 is 0.926 bits per heavy atom. The van der Waals surface area contributed by atoms with E-state index in [4.69, 9.17) is 9.47 Å². The molecule has 4 nitrogen and oxygen atoms in total. The van der Waals surface area contributed by atoms with Gasteiger partial charge < -0.3 is 9.47 Å². The molecule has 0 fully saturated rings. The second-order valence-electron chi connectivity index (χ2n) is 6.61. The number of hydrogen-bond donors (Lipinski definition) is 0. The van der Waals surface area contributed by atoms with Gasteiger partial charge in [-0.05, 0) is 25.5 Å². The summed E-state index contributed by atoms with van der Waals surface area (Å²) in [5.74, 6) is -2.71. The van der Waals surface area contributed by atoms with Crippen LogP contribution in [0.4, 0.5) is 8.78 Å². The molecule has 27 heavy (non-hydrogen) atoms. The Balaban J connectivity index is 2.18. The SMILES string of the molecule is CCCCCCCCCOC(=O)CCC(=O)OC(C)c1c(F)cccc1F. The van der Waals surface area contributed by atoms with Crippen LogP contribution in [0.15, 0.2) is 18.2 Å². The first-order valence-electron chi connectivity index (χ1n) is 9.74. The van der Waals surface area contributed by atoms with Crippen LogP contribution in [0.1, 0.15) is 83.3 Å². The zero-order chi connectivity index (χ0) is 20.1. The first-order chi connectivity index (χ1) is 13.0. The van der Waals surface area contributed by atoms with Crippen molar-refractivity contribution < 1.29 is 27.8 Å². The van der Waals surface area contributed by atoms with Gasteiger partial charge in [0.05, 0.1) is 25.0 Å². The number of carbonyl (C=O) groups is 2. The molecule has 0 saturated heterocycles. The van der Waals surface area contributed by atoms with E-state index in [1.807, 2.05) is 0 Å². The Hall–Kier alpha value is -1.98. The highest BCUT2D eigenvalue weighted by atomic mass is 19.1. The van der Waals surface area contributed by atoms with Crippen molar-refractivity contribution in [1.82, 2.24) is 0 Å². The lowest BCUT2D eigenvalue weighted by Crippen LogP contribution is -2.14. The lowest BCUT2D eigenvalue weighted by molar-refractivity contribution is -0.153. The van der Waals surface area contributed by atoms with Crippen LogP contribution >= 0.6 is 0 Å². The van der Waals surface area contributed by atoms with Gasteiger partial charge in [-0.1, -0.05) is 51.5 Å². The number of ether oxygens (including phenoxy) is 2. The van der Waals surface area contributed by atoms with Gasteiger partial charge in [-0.15, -0.1) is 0 Å². The van der Waals surface area contributed by atoms with Crippen molar-refractivity contribution in [3.8, 4) is 0 Å². The van der Waals surface area contributed by atoms with Crippen LogP contribution in [-0.4, -0.2) is 18.5 Å². The summed E-state index contributed by atoms with van der Waals surface area (Å²) >= 11 is 0. The molecule has 0 aromatic heterocycles. The van der Waals surface area contributed by atoms with Gasteiger partial charge in [0.25, 0.3) is 0 Å². The van der Waals surface area contributed by atoms with E-state index in [0.717, 1.165) is 31.4 Å². The largest absolute Gasteiger partial charge is 0.466 e. The third kappa shape index (κ3) is 9.50. The molecule has 0 radical (unpaired) electrons. The van der Waals surface area contributed by atoms with Gasteiger partial charge >= 0.3 is 11.9 Å². The third-order valence-corrected chi connectivity index (χ3v) is 4.26. The molecule has 0 heterocycles. The number of carbonyl (C=O) groups excluding carboxylic acids is 2. The summed E-state index contributed by atoms with van der Waals surface area (Å²) in [5, 5.41) is 0. The van der Waals surface area contributed by atoms with Crippen molar-refractivity contribution in [3.63, 3.8) is 0 Å². The van der Waals surface area contributed by atoms with Gasteiger partial charge in [-0.3, -0.25) is 9.59 Å². The van der Waals surface area contributed by atoms with Crippen molar-refractivity contribution >= 4 is 11.9 Å². The van der Waals surface area contributed by atoms with Crippen molar-refractivity contribution in [3.05, 3.63) is 35.4 Å². The highest BCUT2D eigenvalue weighted by Crippen LogP contribution is 2.23. The fourth-order valence-corrected chi connectivity index (χ4v) is 2.74. The first-order valence-corrected chi connectivity index (χ1v) is 9.74. The Bertz CT molecular complexity index is 569. The number of rotatable bonds is 13. The molecule has 0 aliphatic carbocycles. The minimum atomic E-state index is -1.07. The quantitative estimate of drug-likeness (QED) is 0.326. The van der Waals surface area contributed by atoms with Crippen LogP contribution in [0.2, 0.25) is 0 Å². The van der Waals surface area contributed by atoms with Crippen LogP contribution in [0, 0.1) is 11.6 Å². The molecule has 1 atom stereocenters. The summed E-state index contributed by atoms with van der Waals surface area (Å²) < 4.78 is 37.4. The molecule has 0 N–H and O–H groups in total. The van der Waals surface area contributed by atoms with E-state index in [1.165, 1.54) is 38.7 Å². The van der Waals surface area contributed by atoms with Gasteiger partial charge in [0.2, 0.25) is 0 Å². The van der Waals surface area contributed by atoms with E-state index in [9.17, 15) is 18.4 Å². The van der Waals surface area contributed by atoms with E-state index in [2.05, 4.69) is 6.92 Å². The topological polar surface area (TPSA) is 52.6 Å². The monoisotopic (exact) mass is 384 g/mol. The van der Waals surface area contributed by atoms with E-state index < -0.39 is 29.7 Å². The van der Waals surface area contributed by atoms with Gasteiger partial charge in [0.15, 0.2) is 0 Å². The van der Waals surface area contributed by atoms with Crippen LogP contribution in [0.3, 0.4) is 0 Å². The Morgan fingerprint density at radius 3 is 2.11 bits per heavy atom.